The number of unbranched alkanes of at least 4 members (excludes halogenated alkanes) is 1. The van der Waals surface area contributed by atoms with Crippen molar-refractivity contribution in [2.75, 3.05) is 18.0 Å². The van der Waals surface area contributed by atoms with Crippen molar-refractivity contribution in [2.24, 2.45) is 11.5 Å². The first kappa shape index (κ1) is 16.3. The number of carbonyl (C=O) groups is 1. The fourth-order valence-electron chi connectivity index (χ4n) is 1.91. The lowest BCUT2D eigenvalue weighted by Gasteiger charge is -2.24. The molecule has 0 aliphatic carbocycles. The second kappa shape index (κ2) is 7.14. The summed E-state index contributed by atoms with van der Waals surface area (Å²) in [6, 6.07) is 0. The van der Waals surface area contributed by atoms with Crippen LogP contribution in [0, 0.1) is 13.8 Å². The van der Waals surface area contributed by atoms with Crippen LogP contribution >= 0.6 is 12.2 Å². The minimum atomic E-state index is -0.421. The number of nitrogens with two attached hydrogens (primary N) is 2. The Hall–Kier alpha value is -1.76. The van der Waals surface area contributed by atoms with E-state index in [2.05, 4.69) is 17.1 Å². The topological polar surface area (TPSA) is 98.1 Å². The molecular weight excluding hydrogens is 274 g/mol. The molecule has 4 N–H and O–H groups in total. The van der Waals surface area contributed by atoms with Crippen molar-refractivity contribution in [1.29, 1.82) is 0 Å². The lowest BCUT2D eigenvalue weighted by Crippen LogP contribution is -2.37. The summed E-state index contributed by atoms with van der Waals surface area (Å²) in [6.45, 7) is 6.55. The van der Waals surface area contributed by atoms with E-state index in [1.54, 1.807) is 4.90 Å². The smallest absolute Gasteiger partial charge is 0.236 e. The Bertz CT molecular complexity index is 518. The highest BCUT2D eigenvalue weighted by atomic mass is 32.1. The third-order valence-corrected chi connectivity index (χ3v) is 3.31. The molecular formula is C13H21N5OS. The van der Waals surface area contributed by atoms with Gasteiger partial charge in [-0.2, -0.15) is 5.10 Å². The zero-order valence-corrected chi connectivity index (χ0v) is 13.0. The van der Waals surface area contributed by atoms with E-state index in [9.17, 15) is 4.79 Å². The van der Waals surface area contributed by atoms with E-state index in [0.29, 0.717) is 17.9 Å². The van der Waals surface area contributed by atoms with E-state index in [0.717, 1.165) is 24.1 Å². The third-order valence-electron chi connectivity index (χ3n) is 3.11. The highest BCUT2D eigenvalue weighted by Crippen LogP contribution is 2.22. The summed E-state index contributed by atoms with van der Waals surface area (Å²) in [5, 5.41) is 8.27. The average Bonchev–Trinajstić information content (AvgIpc) is 2.36. The molecule has 1 rings (SSSR count). The molecule has 0 aliphatic rings. The standard InChI is InChI=1S/C13H21N5OS/c1-4-5-6-18(7-10(14)19)13-11(12(15)20)8(2)9(3)16-17-13/h4-7H2,1-3H3,(H2,14,19)(H2,15,20). The first-order valence-electron chi connectivity index (χ1n) is 6.55. The number of aromatic nitrogens is 2. The summed E-state index contributed by atoms with van der Waals surface area (Å²) < 4.78 is 0. The Kier molecular flexibility index (Phi) is 5.82. The molecule has 6 nitrogen and oxygen atoms in total. The highest BCUT2D eigenvalue weighted by molar-refractivity contribution is 7.80. The van der Waals surface area contributed by atoms with Crippen LogP contribution in [0.4, 0.5) is 5.82 Å². The Balaban J connectivity index is 3.27. The molecule has 0 aliphatic heterocycles. The lowest BCUT2D eigenvalue weighted by molar-refractivity contribution is -0.116. The second-order valence-electron chi connectivity index (χ2n) is 4.71. The summed E-state index contributed by atoms with van der Waals surface area (Å²) in [5.41, 5.74) is 13.4. The third kappa shape index (κ3) is 3.86. The predicted octanol–water partition coefficient (Wildman–Crippen LogP) is 0.819. The van der Waals surface area contributed by atoms with E-state index in [4.69, 9.17) is 23.7 Å². The molecule has 0 saturated carbocycles. The summed E-state index contributed by atoms with van der Waals surface area (Å²) in [5.74, 6) is 0.114. The van der Waals surface area contributed by atoms with Gasteiger partial charge >= 0.3 is 0 Å². The number of nitrogens with zero attached hydrogens (tertiary/aromatic N) is 3. The molecule has 1 amide bonds. The summed E-state index contributed by atoms with van der Waals surface area (Å²) >= 11 is 5.11. The van der Waals surface area contributed by atoms with Gasteiger partial charge in [0.25, 0.3) is 0 Å². The molecule has 0 fully saturated rings. The molecule has 0 radical (unpaired) electrons. The van der Waals surface area contributed by atoms with Crippen LogP contribution in [0.15, 0.2) is 0 Å². The summed E-state index contributed by atoms with van der Waals surface area (Å²) in [4.78, 5) is 13.3. The molecule has 1 aromatic rings. The molecule has 110 valence electrons. The van der Waals surface area contributed by atoms with Crippen molar-refractivity contribution in [3.8, 4) is 0 Å². The lowest BCUT2D eigenvalue weighted by atomic mass is 10.1. The maximum Gasteiger partial charge on any atom is 0.236 e. The minimum Gasteiger partial charge on any atom is -0.389 e. The van der Waals surface area contributed by atoms with Crippen molar-refractivity contribution in [3.63, 3.8) is 0 Å². The van der Waals surface area contributed by atoms with Crippen LogP contribution in [0.5, 0.6) is 0 Å². The van der Waals surface area contributed by atoms with Gasteiger partial charge in [0.1, 0.15) is 4.99 Å². The van der Waals surface area contributed by atoms with E-state index in [1.807, 2.05) is 13.8 Å². The van der Waals surface area contributed by atoms with Gasteiger partial charge in [0, 0.05) is 6.54 Å². The van der Waals surface area contributed by atoms with E-state index >= 15 is 0 Å². The molecule has 20 heavy (non-hydrogen) atoms. The van der Waals surface area contributed by atoms with Gasteiger partial charge in [-0.15, -0.1) is 5.10 Å². The molecule has 1 heterocycles. The van der Waals surface area contributed by atoms with Crippen molar-refractivity contribution in [2.45, 2.75) is 33.6 Å². The number of primary amides is 1. The molecule has 0 aromatic carbocycles. The molecule has 0 bridgehead atoms. The normalized spacial score (nSPS) is 10.3. The van der Waals surface area contributed by atoms with Crippen molar-refractivity contribution in [3.05, 3.63) is 16.8 Å². The number of amides is 1. The van der Waals surface area contributed by atoms with Crippen LogP contribution in [-0.2, 0) is 4.79 Å². The van der Waals surface area contributed by atoms with Gasteiger partial charge in [0.15, 0.2) is 5.82 Å². The van der Waals surface area contributed by atoms with Crippen LogP contribution < -0.4 is 16.4 Å². The van der Waals surface area contributed by atoms with Gasteiger partial charge in [-0.3, -0.25) is 4.79 Å². The number of aryl methyl sites for hydroxylation is 1. The van der Waals surface area contributed by atoms with Crippen LogP contribution in [0.25, 0.3) is 0 Å². The van der Waals surface area contributed by atoms with Gasteiger partial charge < -0.3 is 16.4 Å². The number of rotatable bonds is 7. The van der Waals surface area contributed by atoms with E-state index < -0.39 is 5.91 Å². The van der Waals surface area contributed by atoms with Crippen molar-refractivity contribution < 1.29 is 4.79 Å². The minimum absolute atomic E-state index is 0.0762. The summed E-state index contributed by atoms with van der Waals surface area (Å²) in [7, 11) is 0. The zero-order chi connectivity index (χ0) is 15.3. The molecule has 7 heteroatoms. The van der Waals surface area contributed by atoms with E-state index in [-0.39, 0.29) is 11.5 Å². The first-order valence-corrected chi connectivity index (χ1v) is 6.96. The molecule has 0 unspecified atom stereocenters. The maximum absolute atomic E-state index is 11.2. The number of carbonyl (C=O) groups excluding carboxylic acids is 1. The number of hydrogen-bond acceptors (Lipinski definition) is 5. The van der Waals surface area contributed by atoms with Gasteiger partial charge in [-0.25, -0.2) is 0 Å². The van der Waals surface area contributed by atoms with Crippen molar-refractivity contribution >= 4 is 28.9 Å². The van der Waals surface area contributed by atoms with E-state index in [1.165, 1.54) is 0 Å². The van der Waals surface area contributed by atoms with Crippen LogP contribution in [0.3, 0.4) is 0 Å². The van der Waals surface area contributed by atoms with Gasteiger partial charge in [0.05, 0.1) is 17.8 Å². The Labute approximate surface area is 124 Å². The zero-order valence-electron chi connectivity index (χ0n) is 12.1. The van der Waals surface area contributed by atoms with Gasteiger partial charge in [-0.05, 0) is 25.8 Å². The summed E-state index contributed by atoms with van der Waals surface area (Å²) in [6.07, 6.45) is 1.91. The Morgan fingerprint density at radius 2 is 1.95 bits per heavy atom. The van der Waals surface area contributed by atoms with Crippen LogP contribution in [0.1, 0.15) is 36.6 Å². The largest absolute Gasteiger partial charge is 0.389 e. The SMILES string of the molecule is CCCCN(CC(N)=O)c1nnc(C)c(C)c1C(N)=S. The fourth-order valence-corrected chi connectivity index (χ4v) is 2.15. The van der Waals surface area contributed by atoms with Crippen LogP contribution in [0.2, 0.25) is 0 Å². The predicted molar refractivity (Wildman–Crippen MR) is 83.7 cm³/mol. The molecule has 1 aromatic heterocycles. The van der Waals surface area contributed by atoms with Crippen LogP contribution in [-0.4, -0.2) is 34.2 Å². The monoisotopic (exact) mass is 295 g/mol. The maximum atomic E-state index is 11.2. The van der Waals surface area contributed by atoms with Gasteiger partial charge in [0.2, 0.25) is 5.91 Å². The van der Waals surface area contributed by atoms with Crippen molar-refractivity contribution in [1.82, 2.24) is 10.2 Å². The Morgan fingerprint density at radius 3 is 2.45 bits per heavy atom. The number of thiocarbonyl (C=S) groups is 1. The average molecular weight is 295 g/mol. The molecule has 0 spiro atoms. The van der Waals surface area contributed by atoms with Gasteiger partial charge in [-0.1, -0.05) is 25.6 Å². The Morgan fingerprint density at radius 1 is 1.30 bits per heavy atom. The molecule has 0 atom stereocenters. The first-order chi connectivity index (χ1) is 9.38. The number of anilines is 1. The number of hydrogen-bond donors (Lipinski definition) is 2. The fraction of sp³-hybridized carbons (Fsp3) is 0.538. The highest BCUT2D eigenvalue weighted by Gasteiger charge is 2.20. The molecule has 0 saturated heterocycles. The quantitative estimate of drug-likeness (QED) is 0.723. The second-order valence-corrected chi connectivity index (χ2v) is 5.15.